The van der Waals surface area contributed by atoms with Gasteiger partial charge in [0.25, 0.3) is 11.9 Å². The number of hydrogen-bond donors (Lipinski definition) is 1. The molecule has 1 amide bonds. The van der Waals surface area contributed by atoms with E-state index in [1.165, 1.54) is 12.0 Å². The van der Waals surface area contributed by atoms with Gasteiger partial charge in [0, 0.05) is 13.0 Å². The number of benzene rings is 3. The van der Waals surface area contributed by atoms with Crippen molar-refractivity contribution in [2.75, 3.05) is 12.0 Å². The molecule has 0 radical (unpaired) electrons. The number of tetrazole rings is 1. The number of aryl methyl sites for hydroxylation is 1. The number of esters is 1. The Morgan fingerprint density at radius 3 is 2.56 bits per heavy atom. The molecule has 5 aromatic rings. The number of unbranched alkanes of at least 4 members (excludes halogenated alkanes) is 1. The summed E-state index contributed by atoms with van der Waals surface area (Å²) in [4.78, 5) is 32.2. The van der Waals surface area contributed by atoms with Gasteiger partial charge in [-0.05, 0) is 45.7 Å². The van der Waals surface area contributed by atoms with Gasteiger partial charge in [0.1, 0.15) is 11.5 Å². The molecule has 39 heavy (non-hydrogen) atoms. The molecular weight excluding hydrogens is 494 g/mol. The van der Waals surface area contributed by atoms with E-state index in [4.69, 9.17) is 4.74 Å². The number of carbonyl (C=O) groups excluding carboxylic acids is 2. The Balaban J connectivity index is 1.51. The highest BCUT2D eigenvalue weighted by molar-refractivity contribution is 6.04. The van der Waals surface area contributed by atoms with Crippen molar-refractivity contribution in [2.24, 2.45) is 0 Å². The maximum absolute atomic E-state index is 14.1. The molecule has 5 rings (SSSR count). The molecule has 3 aromatic carbocycles. The van der Waals surface area contributed by atoms with Crippen molar-refractivity contribution in [2.45, 2.75) is 39.3 Å². The van der Waals surface area contributed by atoms with E-state index in [1.54, 1.807) is 18.3 Å². The van der Waals surface area contributed by atoms with E-state index in [2.05, 4.69) is 32.5 Å². The highest BCUT2D eigenvalue weighted by Crippen LogP contribution is 2.24. The zero-order valence-electron chi connectivity index (χ0n) is 21.9. The van der Waals surface area contributed by atoms with Crippen LogP contribution in [0.5, 0.6) is 0 Å². The van der Waals surface area contributed by atoms with Gasteiger partial charge in [-0.1, -0.05) is 73.0 Å². The normalized spacial score (nSPS) is 11.0. The van der Waals surface area contributed by atoms with Gasteiger partial charge in [-0.2, -0.15) is 5.21 Å². The second-order valence-electron chi connectivity index (χ2n) is 9.18. The van der Waals surface area contributed by atoms with Crippen LogP contribution in [0.2, 0.25) is 0 Å². The molecule has 10 heteroatoms. The van der Waals surface area contributed by atoms with Crippen LogP contribution in [0.15, 0.2) is 72.9 Å². The maximum Gasteiger partial charge on any atom is 0.337 e. The van der Waals surface area contributed by atoms with E-state index in [0.29, 0.717) is 17.8 Å². The fourth-order valence-electron chi connectivity index (χ4n) is 4.59. The average Bonchev–Trinajstić information content (AvgIpc) is 3.65. The lowest BCUT2D eigenvalue weighted by atomic mass is 10.0. The minimum Gasteiger partial charge on any atom is -0.465 e. The van der Waals surface area contributed by atoms with Gasteiger partial charge in [-0.3, -0.25) is 9.69 Å². The molecule has 10 nitrogen and oxygen atoms in total. The number of nitrogens with one attached hydrogen (secondary N) is 1. The Labute approximate surface area is 225 Å². The van der Waals surface area contributed by atoms with E-state index < -0.39 is 5.97 Å². The number of nitrogens with zero attached hydrogens (tertiary/aromatic N) is 6. The molecule has 1 N–H and O–H groups in total. The van der Waals surface area contributed by atoms with Crippen LogP contribution >= 0.6 is 0 Å². The highest BCUT2D eigenvalue weighted by atomic mass is 16.5. The molecule has 0 fully saturated rings. The summed E-state index contributed by atoms with van der Waals surface area (Å²) in [5.74, 6) is 0.312. The van der Waals surface area contributed by atoms with Crippen molar-refractivity contribution in [3.05, 3.63) is 101 Å². The van der Waals surface area contributed by atoms with Crippen molar-refractivity contribution in [1.82, 2.24) is 30.2 Å². The van der Waals surface area contributed by atoms with Gasteiger partial charge in [0.05, 0.1) is 25.4 Å². The molecule has 0 aliphatic heterocycles. The van der Waals surface area contributed by atoms with E-state index >= 15 is 0 Å². The molecule has 0 atom stereocenters. The number of hydrogen-bond acceptors (Lipinski definition) is 7. The van der Waals surface area contributed by atoms with Crippen LogP contribution in [0.1, 0.15) is 57.6 Å². The summed E-state index contributed by atoms with van der Waals surface area (Å²) in [6, 6.07) is 21.2. The number of H-pyrrole nitrogens is 1. The highest BCUT2D eigenvalue weighted by Gasteiger charge is 2.27. The van der Waals surface area contributed by atoms with Crippen LogP contribution in [0.25, 0.3) is 10.8 Å². The Morgan fingerprint density at radius 2 is 1.82 bits per heavy atom. The number of carbonyl (C=O) groups is 2. The van der Waals surface area contributed by atoms with Gasteiger partial charge in [0.2, 0.25) is 0 Å². The molecular formula is C29H29N7O3. The molecule has 0 aliphatic rings. The van der Waals surface area contributed by atoms with Gasteiger partial charge >= 0.3 is 5.97 Å². The first-order valence-electron chi connectivity index (χ1n) is 12.8. The number of ether oxygens (including phenoxy) is 1. The number of imidazole rings is 1. The summed E-state index contributed by atoms with van der Waals surface area (Å²) in [7, 11) is 1.35. The third-order valence-electron chi connectivity index (χ3n) is 6.66. The van der Waals surface area contributed by atoms with Crippen LogP contribution in [0.3, 0.4) is 0 Å². The Bertz CT molecular complexity index is 1570. The second kappa shape index (κ2) is 11.7. The number of methoxy groups -OCH3 is 1. The summed E-state index contributed by atoms with van der Waals surface area (Å²) in [5.41, 5.74) is 2.77. The molecule has 0 saturated carbocycles. The van der Waals surface area contributed by atoms with Crippen molar-refractivity contribution >= 4 is 28.6 Å². The third kappa shape index (κ3) is 5.54. The summed E-state index contributed by atoms with van der Waals surface area (Å²) < 4.78 is 6.74. The maximum atomic E-state index is 14.1. The van der Waals surface area contributed by atoms with E-state index in [-0.39, 0.29) is 18.4 Å². The number of aromatic amines is 1. The van der Waals surface area contributed by atoms with Gasteiger partial charge in [-0.25, -0.2) is 9.78 Å². The van der Waals surface area contributed by atoms with Gasteiger partial charge < -0.3 is 9.30 Å². The quantitative estimate of drug-likeness (QED) is 0.266. The van der Waals surface area contributed by atoms with E-state index in [0.717, 1.165) is 47.0 Å². The number of anilines is 1. The molecule has 0 bridgehead atoms. The van der Waals surface area contributed by atoms with Crippen molar-refractivity contribution in [1.29, 1.82) is 0 Å². The monoisotopic (exact) mass is 523 g/mol. The molecule has 2 aromatic heterocycles. The zero-order valence-corrected chi connectivity index (χ0v) is 21.9. The fourth-order valence-corrected chi connectivity index (χ4v) is 4.59. The number of aromatic nitrogens is 6. The first-order chi connectivity index (χ1) is 19.1. The Morgan fingerprint density at radius 1 is 1.03 bits per heavy atom. The lowest BCUT2D eigenvalue weighted by Gasteiger charge is -2.21. The number of amides is 1. The topological polar surface area (TPSA) is 119 Å². The second-order valence-corrected chi connectivity index (χ2v) is 9.18. The first-order valence-corrected chi connectivity index (χ1v) is 12.8. The summed E-state index contributed by atoms with van der Waals surface area (Å²) in [6.07, 6.45) is 4.29. The van der Waals surface area contributed by atoms with Crippen LogP contribution in [-0.4, -0.2) is 49.2 Å². The predicted molar refractivity (Wildman–Crippen MR) is 146 cm³/mol. The molecule has 0 saturated heterocycles. The summed E-state index contributed by atoms with van der Waals surface area (Å²) in [6.45, 7) is 2.78. The molecule has 2 heterocycles. The lowest BCUT2D eigenvalue weighted by molar-refractivity contribution is 0.0600. The van der Waals surface area contributed by atoms with E-state index in [1.807, 2.05) is 59.2 Å². The molecule has 198 valence electrons. The predicted octanol–water partition coefficient (Wildman–Crippen LogP) is 4.57. The summed E-state index contributed by atoms with van der Waals surface area (Å²) >= 11 is 0. The number of fused-ring (bicyclic) bond motifs is 1. The standard InChI is InChI=1S/C29H29N7O3/c1-3-4-12-26-30-17-25(35(26)18-20-13-15-22(16-14-20)28(38)39-2)27(37)36(29-31-33-34-32-29)19-23-10-7-9-21-8-5-6-11-24(21)23/h5-11,13-17H,3-4,12,18-19H2,1-2H3,(H,31,32,33,34). The molecule has 0 aliphatic carbocycles. The minimum atomic E-state index is -0.395. The van der Waals surface area contributed by atoms with Gasteiger partial charge in [0.15, 0.2) is 0 Å². The zero-order chi connectivity index (χ0) is 27.2. The Kier molecular flexibility index (Phi) is 7.72. The van der Waals surface area contributed by atoms with Gasteiger partial charge in [-0.15, -0.1) is 5.10 Å². The summed E-state index contributed by atoms with van der Waals surface area (Å²) in [5, 5.41) is 16.5. The minimum absolute atomic E-state index is 0.179. The largest absolute Gasteiger partial charge is 0.465 e. The lowest BCUT2D eigenvalue weighted by Crippen LogP contribution is -2.33. The van der Waals surface area contributed by atoms with Crippen molar-refractivity contribution in [3.8, 4) is 0 Å². The van der Waals surface area contributed by atoms with E-state index in [9.17, 15) is 9.59 Å². The van der Waals surface area contributed by atoms with Crippen LogP contribution in [0, 0.1) is 0 Å². The smallest absolute Gasteiger partial charge is 0.337 e. The third-order valence-corrected chi connectivity index (χ3v) is 6.66. The van der Waals surface area contributed by atoms with Crippen molar-refractivity contribution in [3.63, 3.8) is 0 Å². The molecule has 0 spiro atoms. The Hall–Kier alpha value is -4.86. The number of rotatable bonds is 10. The first kappa shape index (κ1) is 25.8. The fraction of sp³-hybridized carbons (Fsp3) is 0.241. The van der Waals surface area contributed by atoms with Crippen LogP contribution in [0.4, 0.5) is 5.95 Å². The SMILES string of the molecule is CCCCc1ncc(C(=O)N(Cc2cccc3ccccc23)c2nn[nH]n2)n1Cc1ccc(C(=O)OC)cc1. The van der Waals surface area contributed by atoms with Crippen LogP contribution < -0.4 is 4.90 Å². The van der Waals surface area contributed by atoms with Crippen molar-refractivity contribution < 1.29 is 14.3 Å². The average molecular weight is 524 g/mol. The van der Waals surface area contributed by atoms with Crippen LogP contribution in [-0.2, 0) is 24.2 Å². The molecule has 0 unspecified atom stereocenters.